The Morgan fingerprint density at radius 1 is 1.25 bits per heavy atom. The van der Waals surface area contributed by atoms with Crippen molar-refractivity contribution in [3.8, 4) is 0 Å². The number of hydrogen-bond donors (Lipinski definition) is 2. The summed E-state index contributed by atoms with van der Waals surface area (Å²) in [5.41, 5.74) is 2.37. The Bertz CT molecular complexity index is 429. The van der Waals surface area contributed by atoms with Crippen molar-refractivity contribution in [1.82, 2.24) is 0 Å². The molecule has 0 aliphatic heterocycles. The SMILES string of the molecule is NC(=S)Nc1ccc(F)c(C(F)(F)F)c1F. The van der Waals surface area contributed by atoms with Crippen LogP contribution >= 0.6 is 12.2 Å². The minimum Gasteiger partial charge on any atom is -0.376 e. The molecule has 0 aliphatic rings. The summed E-state index contributed by atoms with van der Waals surface area (Å²) in [4.78, 5) is 0. The monoisotopic (exact) mass is 256 g/mol. The lowest BCUT2D eigenvalue weighted by atomic mass is 10.1. The summed E-state index contributed by atoms with van der Waals surface area (Å²) in [6.45, 7) is 0. The van der Waals surface area contributed by atoms with E-state index < -0.39 is 34.2 Å². The van der Waals surface area contributed by atoms with Crippen LogP contribution in [0.2, 0.25) is 0 Å². The molecule has 3 N–H and O–H groups in total. The average molecular weight is 256 g/mol. The van der Waals surface area contributed by atoms with Gasteiger partial charge in [-0.1, -0.05) is 0 Å². The van der Waals surface area contributed by atoms with Crippen molar-refractivity contribution < 1.29 is 22.0 Å². The molecule has 0 aromatic heterocycles. The summed E-state index contributed by atoms with van der Waals surface area (Å²) in [5, 5.41) is 1.56. The summed E-state index contributed by atoms with van der Waals surface area (Å²) < 4.78 is 62.8. The molecule has 0 saturated carbocycles. The van der Waals surface area contributed by atoms with Crippen LogP contribution in [-0.2, 0) is 6.18 Å². The summed E-state index contributed by atoms with van der Waals surface area (Å²) in [6.07, 6.45) is -5.12. The molecule has 16 heavy (non-hydrogen) atoms. The van der Waals surface area contributed by atoms with Gasteiger partial charge in [0.15, 0.2) is 10.9 Å². The van der Waals surface area contributed by atoms with E-state index in [9.17, 15) is 22.0 Å². The van der Waals surface area contributed by atoms with Gasteiger partial charge < -0.3 is 11.1 Å². The van der Waals surface area contributed by atoms with Crippen molar-refractivity contribution in [2.45, 2.75) is 6.18 Å². The van der Waals surface area contributed by atoms with Crippen LogP contribution in [0.4, 0.5) is 27.6 Å². The Balaban J connectivity index is 3.33. The van der Waals surface area contributed by atoms with Crippen molar-refractivity contribution in [2.24, 2.45) is 5.73 Å². The van der Waals surface area contributed by atoms with Crippen LogP contribution in [0.5, 0.6) is 0 Å². The van der Waals surface area contributed by atoms with Crippen molar-refractivity contribution >= 4 is 23.0 Å². The minimum atomic E-state index is -5.12. The lowest BCUT2D eigenvalue weighted by Gasteiger charge is -2.12. The lowest BCUT2D eigenvalue weighted by molar-refractivity contribution is -0.142. The van der Waals surface area contributed by atoms with E-state index in [2.05, 4.69) is 12.2 Å². The highest BCUT2D eigenvalue weighted by Gasteiger charge is 2.38. The van der Waals surface area contributed by atoms with Gasteiger partial charge in [0.25, 0.3) is 0 Å². The van der Waals surface area contributed by atoms with Gasteiger partial charge in [-0.05, 0) is 24.4 Å². The fourth-order valence-electron chi connectivity index (χ4n) is 1.04. The highest BCUT2D eigenvalue weighted by atomic mass is 32.1. The largest absolute Gasteiger partial charge is 0.422 e. The molecule has 0 aliphatic carbocycles. The molecule has 0 spiro atoms. The lowest BCUT2D eigenvalue weighted by Crippen LogP contribution is -2.21. The van der Waals surface area contributed by atoms with E-state index in [4.69, 9.17) is 5.73 Å². The third kappa shape index (κ3) is 2.57. The highest BCUT2D eigenvalue weighted by Crippen LogP contribution is 2.35. The molecule has 0 bridgehead atoms. The van der Waals surface area contributed by atoms with Crippen molar-refractivity contribution in [2.75, 3.05) is 5.32 Å². The Kier molecular flexibility index (Phi) is 3.32. The zero-order valence-corrected chi connectivity index (χ0v) is 8.35. The molecule has 88 valence electrons. The number of halogens is 5. The van der Waals surface area contributed by atoms with Gasteiger partial charge in [-0.2, -0.15) is 13.2 Å². The molecular weight excluding hydrogens is 251 g/mol. The second kappa shape index (κ2) is 4.20. The van der Waals surface area contributed by atoms with Gasteiger partial charge in [0.05, 0.1) is 5.69 Å². The maximum absolute atomic E-state index is 13.3. The fourth-order valence-corrected chi connectivity index (χ4v) is 1.15. The zero-order valence-electron chi connectivity index (χ0n) is 7.53. The molecule has 1 rings (SSSR count). The third-order valence-corrected chi connectivity index (χ3v) is 1.73. The molecular formula is C8H5F5N2S. The van der Waals surface area contributed by atoms with E-state index in [1.54, 1.807) is 0 Å². The standard InChI is InChI=1S/C8H5F5N2S/c9-3-1-2-4(15-7(14)16)6(10)5(3)8(11,12)13/h1-2H,(H3,14,15,16). The maximum Gasteiger partial charge on any atom is 0.422 e. The van der Waals surface area contributed by atoms with Crippen LogP contribution in [-0.4, -0.2) is 5.11 Å². The second-order valence-corrected chi connectivity index (χ2v) is 3.21. The van der Waals surface area contributed by atoms with Gasteiger partial charge in [0.2, 0.25) is 0 Å². The number of thiocarbonyl (C=S) groups is 1. The highest BCUT2D eigenvalue weighted by molar-refractivity contribution is 7.80. The fraction of sp³-hybridized carbons (Fsp3) is 0.125. The molecule has 8 heteroatoms. The Labute approximate surface area is 92.2 Å². The van der Waals surface area contributed by atoms with Crippen molar-refractivity contribution in [3.05, 3.63) is 29.3 Å². The second-order valence-electron chi connectivity index (χ2n) is 2.77. The van der Waals surface area contributed by atoms with Gasteiger partial charge in [-0.3, -0.25) is 0 Å². The Hall–Kier alpha value is -1.44. The Morgan fingerprint density at radius 3 is 2.25 bits per heavy atom. The third-order valence-electron chi connectivity index (χ3n) is 1.63. The van der Waals surface area contributed by atoms with Crippen LogP contribution in [0, 0.1) is 11.6 Å². The van der Waals surface area contributed by atoms with Gasteiger partial charge in [-0.15, -0.1) is 0 Å². The molecule has 0 heterocycles. The quantitative estimate of drug-likeness (QED) is 0.599. The molecule has 0 fully saturated rings. The van der Waals surface area contributed by atoms with Crippen LogP contribution in [0.1, 0.15) is 5.56 Å². The molecule has 0 amide bonds. The predicted molar refractivity (Wildman–Crippen MR) is 51.8 cm³/mol. The maximum atomic E-state index is 13.3. The topological polar surface area (TPSA) is 38.0 Å². The van der Waals surface area contributed by atoms with Gasteiger partial charge >= 0.3 is 6.18 Å². The van der Waals surface area contributed by atoms with Crippen LogP contribution in [0.15, 0.2) is 12.1 Å². The number of hydrogen-bond acceptors (Lipinski definition) is 1. The number of alkyl halides is 3. The van der Waals surface area contributed by atoms with E-state index in [-0.39, 0.29) is 0 Å². The molecule has 2 nitrogen and oxygen atoms in total. The minimum absolute atomic E-state index is 0.418. The number of nitrogens with one attached hydrogen (secondary N) is 1. The van der Waals surface area contributed by atoms with E-state index in [0.717, 1.165) is 6.07 Å². The first-order valence-corrected chi connectivity index (χ1v) is 4.26. The van der Waals surface area contributed by atoms with Crippen LogP contribution < -0.4 is 11.1 Å². The first-order chi connectivity index (χ1) is 7.23. The first kappa shape index (κ1) is 12.6. The normalized spacial score (nSPS) is 11.3. The van der Waals surface area contributed by atoms with Gasteiger partial charge in [-0.25, -0.2) is 8.78 Å². The van der Waals surface area contributed by atoms with E-state index in [1.165, 1.54) is 0 Å². The van der Waals surface area contributed by atoms with E-state index in [0.29, 0.717) is 6.07 Å². The number of nitrogens with two attached hydrogens (primary N) is 1. The summed E-state index contributed by atoms with van der Waals surface area (Å²) in [5.74, 6) is -3.47. The summed E-state index contributed by atoms with van der Waals surface area (Å²) in [7, 11) is 0. The molecule has 1 aromatic rings. The van der Waals surface area contributed by atoms with Crippen LogP contribution in [0.3, 0.4) is 0 Å². The van der Waals surface area contributed by atoms with Gasteiger partial charge in [0.1, 0.15) is 11.4 Å². The summed E-state index contributed by atoms with van der Waals surface area (Å²) in [6, 6.07) is 1.26. The van der Waals surface area contributed by atoms with Gasteiger partial charge in [0, 0.05) is 0 Å². The first-order valence-electron chi connectivity index (χ1n) is 3.85. The molecule has 0 atom stereocenters. The number of rotatable bonds is 1. The molecule has 0 radical (unpaired) electrons. The van der Waals surface area contributed by atoms with E-state index >= 15 is 0 Å². The Morgan fingerprint density at radius 2 is 1.81 bits per heavy atom. The molecule has 0 saturated heterocycles. The molecule has 0 unspecified atom stereocenters. The average Bonchev–Trinajstić information content (AvgIpc) is 2.07. The predicted octanol–water partition coefficient (Wildman–Crippen LogP) is 2.64. The van der Waals surface area contributed by atoms with E-state index in [1.807, 2.05) is 5.32 Å². The molecule has 1 aromatic carbocycles. The van der Waals surface area contributed by atoms with Crippen molar-refractivity contribution in [1.29, 1.82) is 0 Å². The van der Waals surface area contributed by atoms with Crippen molar-refractivity contribution in [3.63, 3.8) is 0 Å². The smallest absolute Gasteiger partial charge is 0.376 e. The number of benzene rings is 1. The number of anilines is 1. The van der Waals surface area contributed by atoms with Crippen LogP contribution in [0.25, 0.3) is 0 Å². The summed E-state index contributed by atoms with van der Waals surface area (Å²) >= 11 is 4.33. The zero-order chi connectivity index (χ0) is 12.5.